The molecule has 1 N–H and O–H groups in total. The minimum Gasteiger partial charge on any atom is -0.396 e. The Kier molecular flexibility index (Phi) is 5.60. The molecular formula is C11H15ClO2. The van der Waals surface area contributed by atoms with Crippen molar-refractivity contribution < 1.29 is 9.84 Å². The summed E-state index contributed by atoms with van der Waals surface area (Å²) in [4.78, 5) is 0. The first kappa shape index (κ1) is 11.5. The second-order valence-electron chi connectivity index (χ2n) is 3.09. The van der Waals surface area contributed by atoms with Gasteiger partial charge in [-0.3, -0.25) is 0 Å². The number of aliphatic hydroxyl groups is 1. The quantitative estimate of drug-likeness (QED) is 0.736. The van der Waals surface area contributed by atoms with Gasteiger partial charge in [-0.25, -0.2) is 0 Å². The number of aliphatic hydroxyl groups excluding tert-OH is 1. The predicted molar refractivity (Wildman–Crippen MR) is 57.4 cm³/mol. The summed E-state index contributed by atoms with van der Waals surface area (Å²) < 4.78 is 5.53. The smallest absolute Gasteiger partial charge is 0.0736 e. The Hall–Kier alpha value is -0.570. The average molecular weight is 215 g/mol. The normalized spacial score (nSPS) is 12.7. The lowest BCUT2D eigenvalue weighted by Crippen LogP contribution is -2.16. The van der Waals surface area contributed by atoms with E-state index in [2.05, 4.69) is 0 Å². The number of alkyl halides is 1. The van der Waals surface area contributed by atoms with Crippen LogP contribution in [0.1, 0.15) is 12.0 Å². The van der Waals surface area contributed by atoms with Gasteiger partial charge in [0.2, 0.25) is 0 Å². The van der Waals surface area contributed by atoms with Crippen molar-refractivity contribution in [3.8, 4) is 0 Å². The molecule has 0 spiro atoms. The predicted octanol–water partition coefficient (Wildman–Crippen LogP) is 2.19. The fourth-order valence-electron chi connectivity index (χ4n) is 1.14. The summed E-state index contributed by atoms with van der Waals surface area (Å²) in [6.07, 6.45) is 0.540. The van der Waals surface area contributed by atoms with Crippen LogP contribution in [0, 0.1) is 0 Å². The molecule has 1 aromatic rings. The first-order valence-corrected chi connectivity index (χ1v) is 5.22. The van der Waals surface area contributed by atoms with Crippen molar-refractivity contribution >= 4 is 11.6 Å². The van der Waals surface area contributed by atoms with E-state index in [1.165, 1.54) is 0 Å². The summed E-state index contributed by atoms with van der Waals surface area (Å²) in [5, 5.41) is 8.73. The maximum Gasteiger partial charge on any atom is 0.0736 e. The molecular weight excluding hydrogens is 200 g/mol. The highest BCUT2D eigenvalue weighted by Gasteiger charge is 2.06. The van der Waals surface area contributed by atoms with E-state index in [1.807, 2.05) is 30.3 Å². The van der Waals surface area contributed by atoms with Crippen LogP contribution in [0.15, 0.2) is 30.3 Å². The molecule has 1 aromatic carbocycles. The standard InChI is InChI=1S/C11H15ClO2/c12-8-11(6-7-13)14-9-10-4-2-1-3-5-10/h1-5,11,13H,6-9H2/t11-/m0/s1. The van der Waals surface area contributed by atoms with Crippen molar-refractivity contribution in [2.24, 2.45) is 0 Å². The molecule has 2 nitrogen and oxygen atoms in total. The Bertz CT molecular complexity index is 238. The monoisotopic (exact) mass is 214 g/mol. The zero-order valence-electron chi connectivity index (χ0n) is 8.03. The Morgan fingerprint density at radius 3 is 2.57 bits per heavy atom. The maximum atomic E-state index is 8.73. The van der Waals surface area contributed by atoms with E-state index in [-0.39, 0.29) is 12.7 Å². The summed E-state index contributed by atoms with van der Waals surface area (Å²) in [5.41, 5.74) is 1.13. The van der Waals surface area contributed by atoms with E-state index >= 15 is 0 Å². The molecule has 0 heterocycles. The molecule has 1 atom stereocenters. The van der Waals surface area contributed by atoms with E-state index in [9.17, 15) is 0 Å². The third-order valence-corrected chi connectivity index (χ3v) is 2.30. The highest BCUT2D eigenvalue weighted by Crippen LogP contribution is 2.06. The molecule has 0 aliphatic carbocycles. The number of hydrogen-bond acceptors (Lipinski definition) is 2. The lowest BCUT2D eigenvalue weighted by Gasteiger charge is -2.13. The molecule has 0 amide bonds. The van der Waals surface area contributed by atoms with Gasteiger partial charge >= 0.3 is 0 Å². The molecule has 0 unspecified atom stereocenters. The van der Waals surface area contributed by atoms with E-state index in [1.54, 1.807) is 0 Å². The number of halogens is 1. The second-order valence-corrected chi connectivity index (χ2v) is 3.39. The molecule has 0 radical (unpaired) electrons. The summed E-state index contributed by atoms with van der Waals surface area (Å²) >= 11 is 5.68. The van der Waals surface area contributed by atoms with Crippen molar-refractivity contribution in [1.29, 1.82) is 0 Å². The zero-order chi connectivity index (χ0) is 10.2. The summed E-state index contributed by atoms with van der Waals surface area (Å²) in [6, 6.07) is 9.92. The Balaban J connectivity index is 2.32. The first-order chi connectivity index (χ1) is 6.86. The maximum absolute atomic E-state index is 8.73. The van der Waals surface area contributed by atoms with Gasteiger partial charge in [-0.05, 0) is 12.0 Å². The molecule has 0 saturated heterocycles. The van der Waals surface area contributed by atoms with E-state index in [4.69, 9.17) is 21.4 Å². The molecule has 0 aliphatic heterocycles. The largest absolute Gasteiger partial charge is 0.396 e. The van der Waals surface area contributed by atoms with Crippen LogP contribution >= 0.6 is 11.6 Å². The Morgan fingerprint density at radius 2 is 2.00 bits per heavy atom. The summed E-state index contributed by atoms with van der Waals surface area (Å²) in [6.45, 7) is 0.671. The van der Waals surface area contributed by atoms with Gasteiger partial charge in [0.1, 0.15) is 0 Å². The summed E-state index contributed by atoms with van der Waals surface area (Å²) in [7, 11) is 0. The summed E-state index contributed by atoms with van der Waals surface area (Å²) in [5.74, 6) is 0.424. The van der Waals surface area contributed by atoms with E-state index < -0.39 is 0 Å². The number of hydrogen-bond donors (Lipinski definition) is 1. The van der Waals surface area contributed by atoms with Gasteiger partial charge < -0.3 is 9.84 Å². The lowest BCUT2D eigenvalue weighted by molar-refractivity contribution is 0.0385. The molecule has 0 aliphatic rings. The van der Waals surface area contributed by atoms with Crippen LogP contribution in [0.3, 0.4) is 0 Å². The van der Waals surface area contributed by atoms with Crippen LogP contribution in [0.4, 0.5) is 0 Å². The van der Waals surface area contributed by atoms with Gasteiger partial charge in [0.05, 0.1) is 12.7 Å². The van der Waals surface area contributed by atoms with Gasteiger partial charge in [0.15, 0.2) is 0 Å². The van der Waals surface area contributed by atoms with Crippen LogP contribution in [-0.4, -0.2) is 23.7 Å². The van der Waals surface area contributed by atoms with Crippen LogP contribution in [0.25, 0.3) is 0 Å². The zero-order valence-corrected chi connectivity index (χ0v) is 8.78. The van der Waals surface area contributed by atoms with Crippen molar-refractivity contribution in [1.82, 2.24) is 0 Å². The fourth-order valence-corrected chi connectivity index (χ4v) is 1.38. The fraction of sp³-hybridized carbons (Fsp3) is 0.455. The van der Waals surface area contributed by atoms with Gasteiger partial charge in [0.25, 0.3) is 0 Å². The second kappa shape index (κ2) is 6.82. The minimum atomic E-state index is -0.0538. The van der Waals surface area contributed by atoms with Crippen LogP contribution < -0.4 is 0 Å². The average Bonchev–Trinajstić information content (AvgIpc) is 2.25. The molecule has 0 saturated carbocycles. The van der Waals surface area contributed by atoms with Crippen molar-refractivity contribution in [2.75, 3.05) is 12.5 Å². The molecule has 78 valence electrons. The van der Waals surface area contributed by atoms with E-state index in [0.717, 1.165) is 5.56 Å². The van der Waals surface area contributed by atoms with Crippen LogP contribution in [0.5, 0.6) is 0 Å². The van der Waals surface area contributed by atoms with E-state index in [0.29, 0.717) is 18.9 Å². The van der Waals surface area contributed by atoms with Gasteiger partial charge in [-0.1, -0.05) is 30.3 Å². The van der Waals surface area contributed by atoms with Gasteiger partial charge in [-0.15, -0.1) is 11.6 Å². The lowest BCUT2D eigenvalue weighted by atomic mass is 10.2. The molecule has 0 bridgehead atoms. The van der Waals surface area contributed by atoms with Crippen molar-refractivity contribution in [3.63, 3.8) is 0 Å². The van der Waals surface area contributed by atoms with Gasteiger partial charge in [0, 0.05) is 12.5 Å². The van der Waals surface area contributed by atoms with Crippen molar-refractivity contribution in [2.45, 2.75) is 19.1 Å². The molecule has 14 heavy (non-hydrogen) atoms. The van der Waals surface area contributed by atoms with Crippen LogP contribution in [-0.2, 0) is 11.3 Å². The Morgan fingerprint density at radius 1 is 1.29 bits per heavy atom. The number of ether oxygens (including phenoxy) is 1. The highest BCUT2D eigenvalue weighted by molar-refractivity contribution is 6.18. The number of rotatable bonds is 6. The highest BCUT2D eigenvalue weighted by atomic mass is 35.5. The molecule has 1 rings (SSSR count). The third kappa shape index (κ3) is 4.09. The van der Waals surface area contributed by atoms with Crippen molar-refractivity contribution in [3.05, 3.63) is 35.9 Å². The molecule has 0 aromatic heterocycles. The first-order valence-electron chi connectivity index (χ1n) is 4.69. The molecule has 3 heteroatoms. The molecule has 0 fully saturated rings. The number of benzene rings is 1. The third-order valence-electron chi connectivity index (χ3n) is 1.95. The van der Waals surface area contributed by atoms with Crippen LogP contribution in [0.2, 0.25) is 0 Å². The minimum absolute atomic E-state index is 0.0538. The topological polar surface area (TPSA) is 29.5 Å². The Labute approximate surface area is 89.5 Å². The SMILES string of the molecule is OCC[C@@H](CCl)OCc1ccccc1. The van der Waals surface area contributed by atoms with Gasteiger partial charge in [-0.2, -0.15) is 0 Å².